The van der Waals surface area contributed by atoms with Crippen molar-refractivity contribution in [3.8, 4) is 5.75 Å². The molecule has 3 aromatic rings. The van der Waals surface area contributed by atoms with Gasteiger partial charge in [0, 0.05) is 29.6 Å². The number of esters is 1. The molecule has 4 rings (SSSR count). The second kappa shape index (κ2) is 6.57. The van der Waals surface area contributed by atoms with Crippen molar-refractivity contribution in [2.45, 2.75) is 6.92 Å². The molecule has 0 radical (unpaired) electrons. The predicted octanol–water partition coefficient (Wildman–Crippen LogP) is 3.65. The van der Waals surface area contributed by atoms with Gasteiger partial charge in [0.2, 0.25) is 11.8 Å². The average Bonchev–Trinajstić information content (AvgIpc) is 3.23. The first kappa shape index (κ1) is 16.8. The minimum absolute atomic E-state index is 0.106. The molecule has 6 heteroatoms. The van der Waals surface area contributed by atoms with Crippen LogP contribution in [0.3, 0.4) is 0 Å². The molecule has 0 aliphatic carbocycles. The molecule has 1 aromatic heterocycles. The van der Waals surface area contributed by atoms with Crippen LogP contribution in [0.15, 0.2) is 65.4 Å². The number of rotatable bonds is 3. The van der Waals surface area contributed by atoms with Crippen molar-refractivity contribution in [1.29, 1.82) is 0 Å². The topological polar surface area (TPSA) is 69.9 Å². The number of hydrogen-bond donors (Lipinski definition) is 0. The third-order valence-electron chi connectivity index (χ3n) is 4.31. The minimum atomic E-state index is -0.535. The molecular formula is C21H16N2O4. The van der Waals surface area contributed by atoms with E-state index in [0.717, 1.165) is 16.5 Å². The smallest absolute Gasteiger partial charge is 0.363 e. The summed E-state index contributed by atoms with van der Waals surface area (Å²) >= 11 is 0. The Morgan fingerprint density at radius 2 is 2.00 bits per heavy atom. The lowest BCUT2D eigenvalue weighted by Gasteiger charge is -2.02. The van der Waals surface area contributed by atoms with Crippen molar-refractivity contribution in [2.75, 3.05) is 7.11 Å². The Kier molecular flexibility index (Phi) is 4.08. The summed E-state index contributed by atoms with van der Waals surface area (Å²) in [6.45, 7) is 1.49. The molecule has 1 aliphatic heterocycles. The number of fused-ring (bicyclic) bond motifs is 1. The number of carbonyl (C=O) groups is 2. The van der Waals surface area contributed by atoms with Gasteiger partial charge in [-0.3, -0.25) is 9.36 Å². The van der Waals surface area contributed by atoms with Gasteiger partial charge in [-0.1, -0.05) is 24.3 Å². The Labute approximate surface area is 155 Å². The molecule has 0 bridgehead atoms. The molecule has 0 amide bonds. The van der Waals surface area contributed by atoms with E-state index in [1.165, 1.54) is 6.92 Å². The Morgan fingerprint density at radius 1 is 1.19 bits per heavy atom. The summed E-state index contributed by atoms with van der Waals surface area (Å²) in [4.78, 5) is 28.5. The third-order valence-corrected chi connectivity index (χ3v) is 4.31. The van der Waals surface area contributed by atoms with E-state index < -0.39 is 5.97 Å². The minimum Gasteiger partial charge on any atom is -0.497 e. The third kappa shape index (κ3) is 3.01. The molecule has 0 N–H and O–H groups in total. The van der Waals surface area contributed by atoms with Crippen LogP contribution in [-0.4, -0.2) is 29.5 Å². The van der Waals surface area contributed by atoms with E-state index in [4.69, 9.17) is 9.47 Å². The quantitative estimate of drug-likeness (QED) is 0.528. The lowest BCUT2D eigenvalue weighted by molar-refractivity contribution is -0.129. The number of cyclic esters (lactones) is 1. The zero-order chi connectivity index (χ0) is 19.0. The van der Waals surface area contributed by atoms with Gasteiger partial charge in [0.15, 0.2) is 5.70 Å². The van der Waals surface area contributed by atoms with Gasteiger partial charge in [-0.15, -0.1) is 0 Å². The van der Waals surface area contributed by atoms with Crippen LogP contribution in [0.2, 0.25) is 0 Å². The zero-order valence-electron chi connectivity index (χ0n) is 14.8. The monoisotopic (exact) mass is 360 g/mol. The van der Waals surface area contributed by atoms with Gasteiger partial charge < -0.3 is 9.47 Å². The molecule has 0 saturated heterocycles. The molecule has 6 nitrogen and oxygen atoms in total. The van der Waals surface area contributed by atoms with E-state index in [1.54, 1.807) is 48.2 Å². The molecular weight excluding hydrogens is 344 g/mol. The zero-order valence-corrected chi connectivity index (χ0v) is 14.8. The van der Waals surface area contributed by atoms with Gasteiger partial charge in [-0.25, -0.2) is 9.79 Å². The summed E-state index contributed by atoms with van der Waals surface area (Å²) in [5, 5.41) is 0.859. The first-order valence-corrected chi connectivity index (χ1v) is 8.35. The maximum Gasteiger partial charge on any atom is 0.363 e. The molecule has 0 unspecified atom stereocenters. The number of aliphatic imine (C=N–C) groups is 1. The second-order valence-corrected chi connectivity index (χ2v) is 6.06. The number of nitrogens with zero attached hydrogens (tertiary/aromatic N) is 2. The molecule has 2 heterocycles. The van der Waals surface area contributed by atoms with E-state index in [1.807, 2.05) is 24.3 Å². The highest BCUT2D eigenvalue weighted by Crippen LogP contribution is 2.26. The van der Waals surface area contributed by atoms with Gasteiger partial charge in [0.05, 0.1) is 12.6 Å². The highest BCUT2D eigenvalue weighted by molar-refractivity contribution is 6.13. The lowest BCUT2D eigenvalue weighted by Crippen LogP contribution is -2.05. The van der Waals surface area contributed by atoms with Crippen LogP contribution in [0.25, 0.3) is 17.0 Å². The van der Waals surface area contributed by atoms with E-state index in [9.17, 15) is 9.59 Å². The van der Waals surface area contributed by atoms with E-state index in [-0.39, 0.29) is 17.5 Å². The van der Waals surface area contributed by atoms with Gasteiger partial charge in [0.1, 0.15) is 5.75 Å². The maximum absolute atomic E-state index is 12.3. The van der Waals surface area contributed by atoms with Gasteiger partial charge in [-0.2, -0.15) is 0 Å². The number of ether oxygens (including phenoxy) is 2. The van der Waals surface area contributed by atoms with Crippen LogP contribution in [0.1, 0.15) is 22.8 Å². The van der Waals surface area contributed by atoms with Gasteiger partial charge in [0.25, 0.3) is 0 Å². The first-order valence-electron chi connectivity index (χ1n) is 8.35. The van der Waals surface area contributed by atoms with E-state index >= 15 is 0 Å². The summed E-state index contributed by atoms with van der Waals surface area (Å²) in [5.74, 6) is 0.228. The first-order chi connectivity index (χ1) is 13.1. The van der Waals surface area contributed by atoms with E-state index in [2.05, 4.69) is 4.99 Å². The molecule has 2 aromatic carbocycles. The summed E-state index contributed by atoms with van der Waals surface area (Å²) in [5.41, 5.74) is 2.33. The van der Waals surface area contributed by atoms with E-state index in [0.29, 0.717) is 11.3 Å². The molecule has 27 heavy (non-hydrogen) atoms. The Bertz CT molecular complexity index is 1140. The number of hydrogen-bond acceptors (Lipinski definition) is 5. The molecule has 0 saturated carbocycles. The Balaban J connectivity index is 1.78. The van der Waals surface area contributed by atoms with Crippen LogP contribution in [-0.2, 0) is 9.53 Å². The standard InChI is InChI=1S/C21H16N2O4/c1-13(24)23-12-15(17-8-3-4-9-19(17)23)11-18-21(25)27-20(22-18)14-6-5-7-16(10-14)26-2/h3-12H,1-2H3/b18-11+. The van der Waals surface area contributed by atoms with Crippen molar-refractivity contribution in [1.82, 2.24) is 4.57 Å². The van der Waals surface area contributed by atoms with Crippen LogP contribution >= 0.6 is 0 Å². The molecule has 0 fully saturated rings. The van der Waals surface area contributed by atoms with Crippen LogP contribution in [0.5, 0.6) is 5.75 Å². The fourth-order valence-corrected chi connectivity index (χ4v) is 3.02. The fraction of sp³-hybridized carbons (Fsp3) is 0.0952. The van der Waals surface area contributed by atoms with Crippen LogP contribution in [0, 0.1) is 0 Å². The number of aromatic nitrogens is 1. The number of benzene rings is 2. The van der Waals surface area contributed by atoms with Gasteiger partial charge in [-0.05, 0) is 30.3 Å². The normalized spacial score (nSPS) is 15.1. The van der Waals surface area contributed by atoms with Crippen molar-refractivity contribution < 1.29 is 19.1 Å². The Morgan fingerprint density at radius 3 is 2.78 bits per heavy atom. The SMILES string of the molecule is COc1cccc(C2=N/C(=C/c3cn(C(C)=O)c4ccccc34)C(=O)O2)c1. The predicted molar refractivity (Wildman–Crippen MR) is 102 cm³/mol. The van der Waals surface area contributed by atoms with Crippen LogP contribution < -0.4 is 4.74 Å². The van der Waals surface area contributed by atoms with Crippen molar-refractivity contribution in [3.63, 3.8) is 0 Å². The largest absolute Gasteiger partial charge is 0.497 e. The average molecular weight is 360 g/mol. The lowest BCUT2D eigenvalue weighted by atomic mass is 10.1. The summed E-state index contributed by atoms with van der Waals surface area (Å²) < 4.78 is 12.1. The highest BCUT2D eigenvalue weighted by Gasteiger charge is 2.25. The molecule has 1 aliphatic rings. The molecule has 134 valence electrons. The second-order valence-electron chi connectivity index (χ2n) is 6.06. The van der Waals surface area contributed by atoms with Crippen molar-refractivity contribution in [2.24, 2.45) is 4.99 Å². The van der Waals surface area contributed by atoms with Crippen LogP contribution in [0.4, 0.5) is 0 Å². The van der Waals surface area contributed by atoms with Crippen molar-refractivity contribution >= 4 is 34.8 Å². The molecule has 0 atom stereocenters. The molecule has 0 spiro atoms. The van der Waals surface area contributed by atoms with Crippen molar-refractivity contribution in [3.05, 3.63) is 71.6 Å². The Hall–Kier alpha value is -3.67. The maximum atomic E-state index is 12.3. The summed E-state index contributed by atoms with van der Waals surface area (Å²) in [7, 11) is 1.57. The number of methoxy groups -OCH3 is 1. The number of para-hydroxylation sites is 1. The fourth-order valence-electron chi connectivity index (χ4n) is 3.02. The summed E-state index contributed by atoms with van der Waals surface area (Å²) in [6, 6.07) is 14.6. The van der Waals surface area contributed by atoms with Gasteiger partial charge >= 0.3 is 5.97 Å². The number of carbonyl (C=O) groups excluding carboxylic acids is 2. The highest BCUT2D eigenvalue weighted by atomic mass is 16.6. The summed E-state index contributed by atoms with van der Waals surface area (Å²) in [6.07, 6.45) is 3.34.